The van der Waals surface area contributed by atoms with Gasteiger partial charge in [0.15, 0.2) is 5.78 Å². The average molecular weight is 310 g/mol. The average Bonchev–Trinajstić information content (AvgIpc) is 2.41. The van der Waals surface area contributed by atoms with E-state index in [0.717, 1.165) is 10.6 Å². The van der Waals surface area contributed by atoms with Crippen LogP contribution in [0, 0.1) is 0 Å². The summed E-state index contributed by atoms with van der Waals surface area (Å²) >= 11 is 0. The Morgan fingerprint density at radius 2 is 1.86 bits per heavy atom. The standard InChI is InChI=1S/C14H18N2O4S/c1-4-9-15-14(18)10-16(21(3,19)20)13-7-5-12(6-8-13)11(2)17/h4-8H,1,9-10H2,2-3H3,(H,15,18). The highest BCUT2D eigenvalue weighted by Gasteiger charge is 2.20. The van der Waals surface area contributed by atoms with Gasteiger partial charge >= 0.3 is 0 Å². The maximum Gasteiger partial charge on any atom is 0.241 e. The number of carbonyl (C=O) groups excluding carboxylic acids is 2. The second-order valence-corrected chi connectivity index (χ2v) is 6.37. The van der Waals surface area contributed by atoms with E-state index in [4.69, 9.17) is 0 Å². The fraction of sp³-hybridized carbons (Fsp3) is 0.286. The summed E-state index contributed by atoms with van der Waals surface area (Å²) < 4.78 is 24.6. The molecule has 0 fully saturated rings. The fourth-order valence-corrected chi connectivity index (χ4v) is 2.49. The first-order valence-electron chi connectivity index (χ1n) is 6.22. The van der Waals surface area contributed by atoms with Crippen LogP contribution in [0.4, 0.5) is 5.69 Å². The number of carbonyl (C=O) groups is 2. The van der Waals surface area contributed by atoms with Crippen molar-refractivity contribution >= 4 is 27.4 Å². The van der Waals surface area contributed by atoms with Crippen molar-refractivity contribution < 1.29 is 18.0 Å². The van der Waals surface area contributed by atoms with Crippen molar-refractivity contribution in [2.24, 2.45) is 0 Å². The Morgan fingerprint density at radius 1 is 1.29 bits per heavy atom. The second kappa shape index (κ2) is 7.03. The minimum Gasteiger partial charge on any atom is -0.351 e. The lowest BCUT2D eigenvalue weighted by molar-refractivity contribution is -0.119. The maximum atomic E-state index is 11.8. The molecule has 21 heavy (non-hydrogen) atoms. The topological polar surface area (TPSA) is 83.6 Å². The molecule has 0 saturated carbocycles. The van der Waals surface area contributed by atoms with Crippen molar-refractivity contribution in [2.75, 3.05) is 23.7 Å². The van der Waals surface area contributed by atoms with Crippen LogP contribution in [0.3, 0.4) is 0 Å². The van der Waals surface area contributed by atoms with Crippen LogP contribution in [0.15, 0.2) is 36.9 Å². The number of anilines is 1. The van der Waals surface area contributed by atoms with Crippen molar-refractivity contribution in [3.8, 4) is 0 Å². The first kappa shape index (κ1) is 16.9. The molecule has 1 rings (SSSR count). The number of nitrogens with zero attached hydrogens (tertiary/aromatic N) is 1. The Kier molecular flexibility index (Phi) is 5.66. The van der Waals surface area contributed by atoms with E-state index in [1.54, 1.807) is 0 Å². The molecule has 0 unspecified atom stereocenters. The summed E-state index contributed by atoms with van der Waals surface area (Å²) in [5, 5.41) is 2.52. The lowest BCUT2D eigenvalue weighted by Crippen LogP contribution is -2.40. The monoisotopic (exact) mass is 310 g/mol. The number of nitrogens with one attached hydrogen (secondary N) is 1. The molecule has 0 bridgehead atoms. The number of Topliss-reactive ketones (excluding diaryl/α,β-unsaturated/α-hetero) is 1. The molecule has 0 aliphatic heterocycles. The van der Waals surface area contributed by atoms with E-state index < -0.39 is 15.9 Å². The molecular weight excluding hydrogens is 292 g/mol. The van der Waals surface area contributed by atoms with E-state index in [-0.39, 0.29) is 18.9 Å². The Bertz CT molecular complexity index is 635. The normalized spacial score (nSPS) is 10.8. The quantitative estimate of drug-likeness (QED) is 0.600. The Balaban J connectivity index is 3.00. The molecule has 7 heteroatoms. The van der Waals surface area contributed by atoms with Gasteiger partial charge in [-0.25, -0.2) is 8.42 Å². The lowest BCUT2D eigenvalue weighted by atomic mass is 10.1. The first-order valence-corrected chi connectivity index (χ1v) is 8.07. The van der Waals surface area contributed by atoms with Crippen molar-refractivity contribution in [1.82, 2.24) is 5.32 Å². The Labute approximate surface area is 124 Å². The van der Waals surface area contributed by atoms with E-state index in [2.05, 4.69) is 11.9 Å². The lowest BCUT2D eigenvalue weighted by Gasteiger charge is -2.21. The minimum absolute atomic E-state index is 0.115. The zero-order valence-electron chi connectivity index (χ0n) is 12.0. The highest BCUT2D eigenvalue weighted by molar-refractivity contribution is 7.92. The molecule has 0 heterocycles. The predicted molar refractivity (Wildman–Crippen MR) is 81.8 cm³/mol. The van der Waals surface area contributed by atoms with Gasteiger partial charge in [-0.3, -0.25) is 13.9 Å². The Morgan fingerprint density at radius 3 is 2.29 bits per heavy atom. The van der Waals surface area contributed by atoms with Crippen LogP contribution in [-0.4, -0.2) is 39.5 Å². The highest BCUT2D eigenvalue weighted by atomic mass is 32.2. The summed E-state index contributed by atoms with van der Waals surface area (Å²) in [6.45, 7) is 4.83. The smallest absolute Gasteiger partial charge is 0.241 e. The number of rotatable bonds is 7. The maximum absolute atomic E-state index is 11.8. The molecule has 1 amide bonds. The van der Waals surface area contributed by atoms with E-state index in [1.807, 2.05) is 0 Å². The van der Waals surface area contributed by atoms with Gasteiger partial charge in [-0.15, -0.1) is 6.58 Å². The third-order valence-electron chi connectivity index (χ3n) is 2.69. The molecule has 1 N–H and O–H groups in total. The predicted octanol–water partition coefficient (Wildman–Crippen LogP) is 0.957. The van der Waals surface area contributed by atoms with E-state index in [9.17, 15) is 18.0 Å². The summed E-state index contributed by atoms with van der Waals surface area (Å²) in [5.74, 6) is -0.549. The van der Waals surface area contributed by atoms with Crippen molar-refractivity contribution in [1.29, 1.82) is 0 Å². The number of ketones is 1. The molecule has 0 atom stereocenters. The molecule has 0 spiro atoms. The molecular formula is C14H18N2O4S. The number of hydrogen-bond acceptors (Lipinski definition) is 4. The third kappa shape index (κ3) is 5.03. The summed E-state index contributed by atoms with van der Waals surface area (Å²) in [5.41, 5.74) is 0.805. The summed E-state index contributed by atoms with van der Waals surface area (Å²) in [4.78, 5) is 22.9. The third-order valence-corrected chi connectivity index (χ3v) is 3.83. The van der Waals surface area contributed by atoms with E-state index in [0.29, 0.717) is 11.3 Å². The van der Waals surface area contributed by atoms with Crippen LogP contribution in [0.5, 0.6) is 0 Å². The van der Waals surface area contributed by atoms with Crippen molar-refractivity contribution in [3.63, 3.8) is 0 Å². The zero-order valence-corrected chi connectivity index (χ0v) is 12.8. The minimum atomic E-state index is -3.61. The van der Waals surface area contributed by atoms with Gasteiger partial charge in [0.1, 0.15) is 6.54 Å². The number of hydrogen-bond donors (Lipinski definition) is 1. The second-order valence-electron chi connectivity index (χ2n) is 4.47. The summed E-state index contributed by atoms with van der Waals surface area (Å²) in [6.07, 6.45) is 2.52. The van der Waals surface area contributed by atoms with Crippen LogP contribution in [0.25, 0.3) is 0 Å². The van der Waals surface area contributed by atoms with E-state index in [1.165, 1.54) is 37.3 Å². The van der Waals surface area contributed by atoms with Gasteiger partial charge in [-0.05, 0) is 31.2 Å². The van der Waals surface area contributed by atoms with Gasteiger partial charge < -0.3 is 5.32 Å². The van der Waals surface area contributed by atoms with Crippen LogP contribution < -0.4 is 9.62 Å². The van der Waals surface area contributed by atoms with Gasteiger partial charge in [-0.1, -0.05) is 6.08 Å². The van der Waals surface area contributed by atoms with Gasteiger partial charge in [0.05, 0.1) is 11.9 Å². The molecule has 1 aromatic carbocycles. The molecule has 0 saturated heterocycles. The molecule has 0 aliphatic rings. The van der Waals surface area contributed by atoms with Crippen LogP contribution in [0.2, 0.25) is 0 Å². The molecule has 0 aliphatic carbocycles. The van der Waals surface area contributed by atoms with Gasteiger partial charge in [-0.2, -0.15) is 0 Å². The molecule has 1 aromatic rings. The fourth-order valence-electron chi connectivity index (χ4n) is 1.63. The Hall–Kier alpha value is -2.15. The summed E-state index contributed by atoms with van der Waals surface area (Å²) in [7, 11) is -3.61. The zero-order chi connectivity index (χ0) is 16.0. The molecule has 114 valence electrons. The van der Waals surface area contributed by atoms with Crippen LogP contribution in [0.1, 0.15) is 17.3 Å². The van der Waals surface area contributed by atoms with Crippen molar-refractivity contribution in [3.05, 3.63) is 42.5 Å². The van der Waals surface area contributed by atoms with Crippen molar-refractivity contribution in [2.45, 2.75) is 6.92 Å². The SMILES string of the molecule is C=CCNC(=O)CN(c1ccc(C(C)=O)cc1)S(C)(=O)=O. The van der Waals surface area contributed by atoms with Gasteiger partial charge in [0.25, 0.3) is 0 Å². The number of benzene rings is 1. The molecule has 0 radical (unpaired) electrons. The molecule has 0 aromatic heterocycles. The van der Waals surface area contributed by atoms with Crippen LogP contribution >= 0.6 is 0 Å². The van der Waals surface area contributed by atoms with Gasteiger partial charge in [0, 0.05) is 12.1 Å². The largest absolute Gasteiger partial charge is 0.351 e. The summed E-state index contributed by atoms with van der Waals surface area (Å²) in [6, 6.07) is 6.05. The highest BCUT2D eigenvalue weighted by Crippen LogP contribution is 2.18. The van der Waals surface area contributed by atoms with Gasteiger partial charge in [0.2, 0.25) is 15.9 Å². The van der Waals surface area contributed by atoms with Crippen LogP contribution in [-0.2, 0) is 14.8 Å². The number of sulfonamides is 1. The molecule has 6 nitrogen and oxygen atoms in total. The first-order chi connectivity index (χ1) is 9.75. The van der Waals surface area contributed by atoms with E-state index >= 15 is 0 Å². The number of amides is 1.